The van der Waals surface area contributed by atoms with Crippen molar-refractivity contribution in [3.8, 4) is 5.75 Å². The number of hydrogen-bond acceptors (Lipinski definition) is 4. The Balaban J connectivity index is 1.70. The molecule has 1 aromatic carbocycles. The van der Waals surface area contributed by atoms with Gasteiger partial charge in [0.15, 0.2) is 0 Å². The monoisotopic (exact) mass is 291 g/mol. The molecule has 1 aromatic rings. The molecule has 0 aliphatic carbocycles. The third kappa shape index (κ3) is 4.72. The van der Waals surface area contributed by atoms with Gasteiger partial charge in [-0.2, -0.15) is 0 Å². The number of hydrogen-bond donors (Lipinski definition) is 1. The van der Waals surface area contributed by atoms with Crippen LogP contribution in [-0.4, -0.2) is 69.1 Å². The lowest BCUT2D eigenvalue weighted by Crippen LogP contribution is -2.45. The van der Waals surface area contributed by atoms with E-state index in [1.807, 2.05) is 12.1 Å². The lowest BCUT2D eigenvalue weighted by atomic mass is 10.2. The van der Waals surface area contributed by atoms with E-state index in [0.29, 0.717) is 17.9 Å². The van der Waals surface area contributed by atoms with E-state index in [0.717, 1.165) is 39.1 Å². The highest BCUT2D eigenvalue weighted by Gasteiger charge is 2.14. The fourth-order valence-corrected chi connectivity index (χ4v) is 2.50. The molecule has 0 atom stereocenters. The molecule has 1 amide bonds. The number of carbonyl (C=O) groups is 1. The van der Waals surface area contributed by atoms with E-state index in [1.54, 1.807) is 19.2 Å². The molecule has 0 bridgehead atoms. The van der Waals surface area contributed by atoms with Crippen LogP contribution in [0.2, 0.25) is 0 Å². The van der Waals surface area contributed by atoms with Gasteiger partial charge < -0.3 is 19.9 Å². The van der Waals surface area contributed by atoms with Gasteiger partial charge in [-0.15, -0.1) is 0 Å². The van der Waals surface area contributed by atoms with Crippen molar-refractivity contribution in [2.24, 2.45) is 0 Å². The molecular weight excluding hydrogens is 266 g/mol. The Kier molecular flexibility index (Phi) is 6.02. The molecule has 1 heterocycles. The second kappa shape index (κ2) is 8.00. The summed E-state index contributed by atoms with van der Waals surface area (Å²) in [6.45, 7) is 6.25. The SMILES string of the molecule is COc1ccccc1C(=O)NCCCN1CCN(C)CC1. The number of nitrogens with one attached hydrogen (secondary N) is 1. The zero-order valence-electron chi connectivity index (χ0n) is 13.0. The molecule has 0 aromatic heterocycles. The summed E-state index contributed by atoms with van der Waals surface area (Å²) < 4.78 is 5.20. The summed E-state index contributed by atoms with van der Waals surface area (Å²) in [5.41, 5.74) is 0.597. The first-order valence-corrected chi connectivity index (χ1v) is 7.53. The minimum atomic E-state index is -0.0640. The Morgan fingerprint density at radius 2 is 1.95 bits per heavy atom. The van der Waals surface area contributed by atoms with E-state index in [4.69, 9.17) is 4.74 Å². The van der Waals surface area contributed by atoms with E-state index in [-0.39, 0.29) is 5.91 Å². The van der Waals surface area contributed by atoms with E-state index in [9.17, 15) is 4.79 Å². The summed E-state index contributed by atoms with van der Waals surface area (Å²) in [5.74, 6) is 0.555. The Labute approximate surface area is 126 Å². The predicted octanol–water partition coefficient (Wildman–Crippen LogP) is 1.06. The van der Waals surface area contributed by atoms with Gasteiger partial charge in [-0.05, 0) is 32.1 Å². The maximum atomic E-state index is 12.1. The number of piperazine rings is 1. The fraction of sp³-hybridized carbons (Fsp3) is 0.562. The van der Waals surface area contributed by atoms with Crippen LogP contribution in [0.3, 0.4) is 0 Å². The van der Waals surface area contributed by atoms with Gasteiger partial charge in [0.05, 0.1) is 12.7 Å². The third-order valence-corrected chi connectivity index (χ3v) is 3.88. The second-order valence-electron chi connectivity index (χ2n) is 5.45. The zero-order chi connectivity index (χ0) is 15.1. The minimum Gasteiger partial charge on any atom is -0.496 e. The lowest BCUT2D eigenvalue weighted by molar-refractivity contribution is 0.0946. The average molecular weight is 291 g/mol. The van der Waals surface area contributed by atoms with Crippen molar-refractivity contribution in [3.05, 3.63) is 29.8 Å². The Hall–Kier alpha value is -1.59. The van der Waals surface area contributed by atoms with Crippen LogP contribution < -0.4 is 10.1 Å². The molecule has 1 N–H and O–H groups in total. The first-order chi connectivity index (χ1) is 10.2. The predicted molar refractivity (Wildman–Crippen MR) is 83.9 cm³/mol. The molecule has 116 valence electrons. The van der Waals surface area contributed by atoms with E-state index >= 15 is 0 Å². The molecule has 1 saturated heterocycles. The van der Waals surface area contributed by atoms with Crippen molar-refractivity contribution in [3.63, 3.8) is 0 Å². The van der Waals surface area contributed by atoms with Crippen LogP contribution in [0, 0.1) is 0 Å². The van der Waals surface area contributed by atoms with Crippen molar-refractivity contribution in [2.75, 3.05) is 53.4 Å². The number of para-hydroxylation sites is 1. The Morgan fingerprint density at radius 3 is 2.67 bits per heavy atom. The molecule has 0 spiro atoms. The quantitative estimate of drug-likeness (QED) is 0.796. The maximum Gasteiger partial charge on any atom is 0.255 e. The molecule has 5 nitrogen and oxygen atoms in total. The molecule has 1 aliphatic rings. The molecule has 1 aliphatic heterocycles. The van der Waals surface area contributed by atoms with Crippen LogP contribution in [0.5, 0.6) is 5.75 Å². The number of ether oxygens (including phenoxy) is 1. The van der Waals surface area contributed by atoms with Gasteiger partial charge >= 0.3 is 0 Å². The molecule has 2 rings (SSSR count). The molecular formula is C16H25N3O2. The molecule has 1 fully saturated rings. The number of amides is 1. The van der Waals surface area contributed by atoms with Crippen LogP contribution in [0.1, 0.15) is 16.8 Å². The van der Waals surface area contributed by atoms with Gasteiger partial charge in [0.25, 0.3) is 5.91 Å². The number of likely N-dealkylation sites (N-methyl/N-ethyl adjacent to an activating group) is 1. The van der Waals surface area contributed by atoms with Crippen molar-refractivity contribution in [2.45, 2.75) is 6.42 Å². The highest BCUT2D eigenvalue weighted by atomic mass is 16.5. The summed E-state index contributed by atoms with van der Waals surface area (Å²) in [7, 11) is 3.74. The fourth-order valence-electron chi connectivity index (χ4n) is 2.50. The van der Waals surface area contributed by atoms with Crippen LogP contribution in [0.25, 0.3) is 0 Å². The highest BCUT2D eigenvalue weighted by molar-refractivity contribution is 5.96. The van der Waals surface area contributed by atoms with Gasteiger partial charge in [-0.1, -0.05) is 12.1 Å². The van der Waals surface area contributed by atoms with Crippen molar-refractivity contribution >= 4 is 5.91 Å². The van der Waals surface area contributed by atoms with Crippen molar-refractivity contribution in [1.82, 2.24) is 15.1 Å². The second-order valence-corrected chi connectivity index (χ2v) is 5.45. The summed E-state index contributed by atoms with van der Waals surface area (Å²) in [6.07, 6.45) is 0.977. The first kappa shape index (κ1) is 15.8. The number of benzene rings is 1. The van der Waals surface area contributed by atoms with Crippen LogP contribution in [0.15, 0.2) is 24.3 Å². The summed E-state index contributed by atoms with van der Waals surface area (Å²) >= 11 is 0. The van der Waals surface area contributed by atoms with E-state index in [1.165, 1.54) is 0 Å². The highest BCUT2D eigenvalue weighted by Crippen LogP contribution is 2.16. The van der Waals surface area contributed by atoms with Gasteiger partial charge in [-0.3, -0.25) is 4.79 Å². The largest absolute Gasteiger partial charge is 0.496 e. The minimum absolute atomic E-state index is 0.0640. The standard InChI is InChI=1S/C16H25N3O2/c1-18-10-12-19(13-11-18)9-5-8-17-16(20)14-6-3-4-7-15(14)21-2/h3-4,6-7H,5,8-13H2,1-2H3,(H,17,20). The topological polar surface area (TPSA) is 44.8 Å². The lowest BCUT2D eigenvalue weighted by Gasteiger charge is -2.32. The van der Waals surface area contributed by atoms with Gasteiger partial charge in [0, 0.05) is 32.7 Å². The van der Waals surface area contributed by atoms with E-state index < -0.39 is 0 Å². The van der Waals surface area contributed by atoms with E-state index in [2.05, 4.69) is 22.2 Å². The third-order valence-electron chi connectivity index (χ3n) is 3.88. The Morgan fingerprint density at radius 1 is 1.24 bits per heavy atom. The summed E-state index contributed by atoms with van der Waals surface area (Å²) in [6, 6.07) is 7.30. The Bertz CT molecular complexity index is 457. The van der Waals surface area contributed by atoms with Crippen molar-refractivity contribution < 1.29 is 9.53 Å². The van der Waals surface area contributed by atoms with Gasteiger partial charge in [-0.25, -0.2) is 0 Å². The number of carbonyl (C=O) groups excluding carboxylic acids is 1. The molecule has 0 radical (unpaired) electrons. The first-order valence-electron chi connectivity index (χ1n) is 7.53. The maximum absolute atomic E-state index is 12.1. The summed E-state index contributed by atoms with van der Waals surface area (Å²) in [4.78, 5) is 16.9. The summed E-state index contributed by atoms with van der Waals surface area (Å²) in [5, 5.41) is 2.97. The van der Waals surface area contributed by atoms with Crippen LogP contribution in [0.4, 0.5) is 0 Å². The van der Waals surface area contributed by atoms with Crippen LogP contribution >= 0.6 is 0 Å². The zero-order valence-corrected chi connectivity index (χ0v) is 13.0. The smallest absolute Gasteiger partial charge is 0.255 e. The van der Waals surface area contributed by atoms with Crippen molar-refractivity contribution in [1.29, 1.82) is 0 Å². The number of rotatable bonds is 6. The van der Waals surface area contributed by atoms with Gasteiger partial charge in [0.2, 0.25) is 0 Å². The molecule has 21 heavy (non-hydrogen) atoms. The van der Waals surface area contributed by atoms with Crippen LogP contribution in [-0.2, 0) is 0 Å². The molecule has 5 heteroatoms. The molecule has 0 unspecified atom stereocenters. The molecule has 0 saturated carbocycles. The number of nitrogens with zero attached hydrogens (tertiary/aromatic N) is 2. The average Bonchev–Trinajstić information content (AvgIpc) is 2.53. The normalized spacial score (nSPS) is 16.7. The van der Waals surface area contributed by atoms with Gasteiger partial charge in [0.1, 0.15) is 5.75 Å². The number of methoxy groups -OCH3 is 1.